The van der Waals surface area contributed by atoms with Gasteiger partial charge in [-0.1, -0.05) is 12.1 Å². The van der Waals surface area contributed by atoms with Gasteiger partial charge in [-0.05, 0) is 24.1 Å². The lowest BCUT2D eigenvalue weighted by Gasteiger charge is -2.24. The summed E-state index contributed by atoms with van der Waals surface area (Å²) < 4.78 is 22.9. The molecular weight excluding hydrogens is 316 g/mol. The van der Waals surface area contributed by atoms with Gasteiger partial charge in [-0.3, -0.25) is 9.69 Å². The van der Waals surface area contributed by atoms with Crippen molar-refractivity contribution in [1.82, 2.24) is 9.80 Å². The molecule has 0 saturated carbocycles. The highest BCUT2D eigenvalue weighted by molar-refractivity contribution is 7.90. The van der Waals surface area contributed by atoms with E-state index < -0.39 is 15.9 Å². The van der Waals surface area contributed by atoms with Gasteiger partial charge < -0.3 is 10.0 Å². The molecule has 0 aliphatic carbocycles. The third-order valence-corrected chi connectivity index (χ3v) is 5.29. The average molecular weight is 340 g/mol. The molecule has 0 spiro atoms. The number of nitrogens with zero attached hydrogens (tertiary/aromatic N) is 2. The average Bonchev–Trinajstić information content (AvgIpc) is 2.72. The SMILES string of the molecule is CC(=O)N1CCCN(C[C@@H](O)c2ccc(S(C)(=O)=O)cc2)CC1. The summed E-state index contributed by atoms with van der Waals surface area (Å²) in [7, 11) is -3.22. The predicted octanol–water partition coefficient (Wildman–Crippen LogP) is 0.678. The van der Waals surface area contributed by atoms with Crippen LogP contribution in [0.15, 0.2) is 29.2 Å². The van der Waals surface area contributed by atoms with Crippen molar-refractivity contribution in [1.29, 1.82) is 0 Å². The second-order valence-corrected chi connectivity index (χ2v) is 8.03. The maximum atomic E-state index is 11.5. The van der Waals surface area contributed by atoms with Crippen LogP contribution in [0.2, 0.25) is 0 Å². The molecule has 128 valence electrons. The van der Waals surface area contributed by atoms with Gasteiger partial charge in [0.25, 0.3) is 0 Å². The number of β-amino-alcohol motifs (C(OH)–C–C–N with tert-alkyl or cyclic N) is 1. The Morgan fingerprint density at radius 1 is 1.17 bits per heavy atom. The number of hydrogen-bond donors (Lipinski definition) is 1. The van der Waals surface area contributed by atoms with Crippen LogP contribution in [0, 0.1) is 0 Å². The molecule has 1 aliphatic rings. The largest absolute Gasteiger partial charge is 0.387 e. The van der Waals surface area contributed by atoms with E-state index in [1.165, 1.54) is 12.1 Å². The molecule has 1 amide bonds. The molecule has 7 heteroatoms. The molecule has 1 saturated heterocycles. The molecule has 1 N–H and O–H groups in total. The number of sulfone groups is 1. The molecule has 0 aromatic heterocycles. The van der Waals surface area contributed by atoms with E-state index in [2.05, 4.69) is 4.90 Å². The molecule has 23 heavy (non-hydrogen) atoms. The van der Waals surface area contributed by atoms with E-state index >= 15 is 0 Å². The van der Waals surface area contributed by atoms with Gasteiger partial charge in [0.05, 0.1) is 11.0 Å². The maximum Gasteiger partial charge on any atom is 0.219 e. The maximum absolute atomic E-state index is 11.5. The molecule has 1 aromatic rings. The quantitative estimate of drug-likeness (QED) is 0.872. The Morgan fingerprint density at radius 3 is 2.39 bits per heavy atom. The number of aliphatic hydroxyl groups excluding tert-OH is 1. The lowest BCUT2D eigenvalue weighted by atomic mass is 10.1. The molecule has 1 heterocycles. The minimum absolute atomic E-state index is 0.0868. The van der Waals surface area contributed by atoms with Gasteiger partial charge in [0.1, 0.15) is 0 Å². The second-order valence-electron chi connectivity index (χ2n) is 6.02. The minimum atomic E-state index is -3.22. The normalized spacial score (nSPS) is 18.5. The molecule has 1 fully saturated rings. The van der Waals surface area contributed by atoms with Gasteiger partial charge in [0.15, 0.2) is 9.84 Å². The number of benzene rings is 1. The first kappa shape index (κ1) is 17.9. The van der Waals surface area contributed by atoms with E-state index in [1.807, 2.05) is 4.90 Å². The van der Waals surface area contributed by atoms with E-state index in [0.29, 0.717) is 18.7 Å². The van der Waals surface area contributed by atoms with Crippen LogP contribution in [0.3, 0.4) is 0 Å². The summed E-state index contributed by atoms with van der Waals surface area (Å²) in [5.41, 5.74) is 0.699. The smallest absolute Gasteiger partial charge is 0.219 e. The third kappa shape index (κ3) is 5.02. The zero-order valence-corrected chi connectivity index (χ0v) is 14.4. The molecule has 6 nitrogen and oxygen atoms in total. The predicted molar refractivity (Wildman–Crippen MR) is 87.8 cm³/mol. The molecule has 1 atom stereocenters. The summed E-state index contributed by atoms with van der Waals surface area (Å²) in [5, 5.41) is 10.4. The number of rotatable bonds is 4. The topological polar surface area (TPSA) is 77.9 Å². The van der Waals surface area contributed by atoms with E-state index in [9.17, 15) is 18.3 Å². The van der Waals surface area contributed by atoms with Crippen molar-refractivity contribution in [2.45, 2.75) is 24.3 Å². The van der Waals surface area contributed by atoms with Crippen molar-refractivity contribution in [3.63, 3.8) is 0 Å². The summed E-state index contributed by atoms with van der Waals surface area (Å²) in [4.78, 5) is 15.6. The standard InChI is InChI=1S/C16H24N2O4S/c1-13(19)18-9-3-8-17(10-11-18)12-16(20)14-4-6-15(7-5-14)23(2,21)22/h4-7,16,20H,3,8-12H2,1-2H3/t16-/m1/s1. The Hall–Kier alpha value is -1.44. The first-order valence-corrected chi connectivity index (χ1v) is 9.62. The Kier molecular flexibility index (Phi) is 5.78. The molecule has 0 bridgehead atoms. The Bertz CT molecular complexity index is 643. The zero-order valence-electron chi connectivity index (χ0n) is 13.6. The lowest BCUT2D eigenvalue weighted by Crippen LogP contribution is -2.35. The van der Waals surface area contributed by atoms with E-state index in [1.54, 1.807) is 19.1 Å². The summed E-state index contributed by atoms with van der Waals surface area (Å²) in [6, 6.07) is 6.35. The van der Waals surface area contributed by atoms with Gasteiger partial charge >= 0.3 is 0 Å². The number of carbonyl (C=O) groups is 1. The van der Waals surface area contributed by atoms with Gasteiger partial charge in [-0.15, -0.1) is 0 Å². The Labute approximate surface area is 137 Å². The number of amides is 1. The van der Waals surface area contributed by atoms with E-state index in [0.717, 1.165) is 32.3 Å². The van der Waals surface area contributed by atoms with Crippen molar-refractivity contribution in [3.8, 4) is 0 Å². The molecule has 0 unspecified atom stereocenters. The molecule has 1 aromatic carbocycles. The van der Waals surface area contributed by atoms with Gasteiger partial charge in [-0.25, -0.2) is 8.42 Å². The van der Waals surface area contributed by atoms with Crippen LogP contribution in [-0.4, -0.2) is 68.2 Å². The zero-order chi connectivity index (χ0) is 17.0. The Balaban J connectivity index is 1.96. The molecule has 2 rings (SSSR count). The minimum Gasteiger partial charge on any atom is -0.387 e. The number of aliphatic hydroxyl groups is 1. The fourth-order valence-electron chi connectivity index (χ4n) is 2.76. The van der Waals surface area contributed by atoms with Crippen molar-refractivity contribution in [2.24, 2.45) is 0 Å². The molecular formula is C16H24N2O4S. The first-order chi connectivity index (χ1) is 10.8. The van der Waals surface area contributed by atoms with Crippen LogP contribution in [0.4, 0.5) is 0 Å². The van der Waals surface area contributed by atoms with Crippen molar-refractivity contribution < 1.29 is 18.3 Å². The highest BCUT2D eigenvalue weighted by Gasteiger charge is 2.19. The van der Waals surface area contributed by atoms with E-state index in [-0.39, 0.29) is 10.8 Å². The van der Waals surface area contributed by atoms with Crippen LogP contribution in [0.5, 0.6) is 0 Å². The van der Waals surface area contributed by atoms with E-state index in [4.69, 9.17) is 0 Å². The highest BCUT2D eigenvalue weighted by atomic mass is 32.2. The van der Waals surface area contributed by atoms with Crippen LogP contribution >= 0.6 is 0 Å². The van der Waals surface area contributed by atoms with Gasteiger partial charge in [0.2, 0.25) is 5.91 Å². The van der Waals surface area contributed by atoms with Crippen LogP contribution in [-0.2, 0) is 14.6 Å². The van der Waals surface area contributed by atoms with Gasteiger partial charge in [0, 0.05) is 45.9 Å². The highest BCUT2D eigenvalue weighted by Crippen LogP contribution is 2.18. The second kappa shape index (κ2) is 7.42. The van der Waals surface area contributed by atoms with Gasteiger partial charge in [-0.2, -0.15) is 0 Å². The van der Waals surface area contributed by atoms with Crippen molar-refractivity contribution in [2.75, 3.05) is 39.0 Å². The summed E-state index contributed by atoms with van der Waals surface area (Å²) in [6.07, 6.45) is 1.38. The molecule has 1 aliphatic heterocycles. The first-order valence-electron chi connectivity index (χ1n) is 7.73. The van der Waals surface area contributed by atoms with Crippen LogP contribution < -0.4 is 0 Å². The summed E-state index contributed by atoms with van der Waals surface area (Å²) in [5.74, 6) is 0.0868. The summed E-state index contributed by atoms with van der Waals surface area (Å²) >= 11 is 0. The summed E-state index contributed by atoms with van der Waals surface area (Å²) in [6.45, 7) is 5.05. The lowest BCUT2D eigenvalue weighted by molar-refractivity contribution is -0.128. The van der Waals surface area contributed by atoms with Crippen LogP contribution in [0.1, 0.15) is 25.0 Å². The third-order valence-electron chi connectivity index (χ3n) is 4.16. The van der Waals surface area contributed by atoms with Crippen LogP contribution in [0.25, 0.3) is 0 Å². The fraction of sp³-hybridized carbons (Fsp3) is 0.562. The van der Waals surface area contributed by atoms with Crippen molar-refractivity contribution >= 4 is 15.7 Å². The molecule has 0 radical (unpaired) electrons. The fourth-order valence-corrected chi connectivity index (χ4v) is 3.39. The number of carbonyl (C=O) groups excluding carboxylic acids is 1. The number of hydrogen-bond acceptors (Lipinski definition) is 5. The Morgan fingerprint density at radius 2 is 1.83 bits per heavy atom. The van der Waals surface area contributed by atoms with Crippen molar-refractivity contribution in [3.05, 3.63) is 29.8 Å². The monoisotopic (exact) mass is 340 g/mol.